The van der Waals surface area contributed by atoms with Gasteiger partial charge in [0.2, 0.25) is 0 Å². The van der Waals surface area contributed by atoms with Crippen LogP contribution in [0.2, 0.25) is 0 Å². The molecule has 0 aliphatic heterocycles. The molecule has 0 radical (unpaired) electrons. The van der Waals surface area contributed by atoms with E-state index in [0.29, 0.717) is 0 Å². The summed E-state index contributed by atoms with van der Waals surface area (Å²) in [5.74, 6) is 0. The van der Waals surface area contributed by atoms with Gasteiger partial charge in [-0.05, 0) is 82.5 Å². The van der Waals surface area contributed by atoms with Crippen LogP contribution in [0.15, 0.2) is 24.3 Å². The molecule has 0 amide bonds. The van der Waals surface area contributed by atoms with Crippen LogP contribution in [-0.2, 0) is 0 Å². The molecule has 0 saturated carbocycles. The molecule has 8 rings (SSSR count). The van der Waals surface area contributed by atoms with Crippen LogP contribution in [0, 0.1) is 0 Å². The number of fused-ring (bicyclic) bond motifs is 4. The van der Waals surface area contributed by atoms with Crippen LogP contribution < -0.4 is 120 Å². The van der Waals surface area contributed by atoms with Crippen molar-refractivity contribution < 1.29 is 0 Å². The smallest absolute Gasteiger partial charge is 0.101 e. The van der Waals surface area contributed by atoms with E-state index >= 15 is 0 Å². The standard InChI is InChI=1S/C40H48B22/c41-19-8(20(42)27(49)18-17(19)30(52)39(61)40(62)31(18)53)6-3-1-2-5(4-6)7-10-12(24(46)35(57)33(55)21(10)43)9(13-11(7)22(44)34(56)36(58)25(13)47)14-15-16(28(50)32(54)23(14)45)29(51)38(60)37(59)26(15)48/h1-4H,41-62H2. The Labute approximate surface area is 391 Å². The summed E-state index contributed by atoms with van der Waals surface area (Å²) in [6.07, 6.45) is 0. The van der Waals surface area contributed by atoms with Crippen molar-refractivity contribution >= 4 is 336 Å². The van der Waals surface area contributed by atoms with E-state index in [9.17, 15) is 0 Å². The molecular weight excluding hydrogens is 718 g/mol. The average Bonchev–Trinajstić information content (AvgIpc) is 3.25. The third kappa shape index (κ3) is 5.92. The first kappa shape index (κ1) is 44.8. The minimum absolute atomic E-state index is 1.30. The van der Waals surface area contributed by atoms with Crippen LogP contribution in [0.3, 0.4) is 0 Å². The molecule has 274 valence electrons. The number of hydrogen-bond donors (Lipinski definition) is 0. The molecule has 0 aromatic heterocycles. The third-order valence-electron chi connectivity index (χ3n) is 17.6. The predicted octanol–water partition coefficient (Wildman–Crippen LogP) is -27.0. The van der Waals surface area contributed by atoms with E-state index in [1.165, 1.54) is 197 Å². The lowest BCUT2D eigenvalue weighted by Gasteiger charge is -2.31. The lowest BCUT2D eigenvalue weighted by atomic mass is 9.56. The molecular formula is C40H48B22. The molecule has 8 aromatic carbocycles. The molecule has 0 aliphatic rings. The second-order valence-electron chi connectivity index (χ2n) is 19.8. The van der Waals surface area contributed by atoms with Crippen LogP contribution >= 0.6 is 0 Å². The first-order chi connectivity index (χ1) is 29.0. The Morgan fingerprint density at radius 3 is 0.774 bits per heavy atom. The van der Waals surface area contributed by atoms with Crippen molar-refractivity contribution in [3.05, 3.63) is 24.3 Å². The molecule has 0 spiro atoms. The highest BCUT2D eigenvalue weighted by Crippen LogP contribution is 2.42. The fourth-order valence-electron chi connectivity index (χ4n) is 12.2. The second kappa shape index (κ2) is 15.4. The Hall–Kier alpha value is -3.77. The fourth-order valence-corrected chi connectivity index (χ4v) is 12.2. The van der Waals surface area contributed by atoms with Gasteiger partial charge in [-0.2, -0.15) is 0 Å². The van der Waals surface area contributed by atoms with Crippen LogP contribution in [0.25, 0.3) is 76.5 Å². The molecule has 0 N–H and O–H groups in total. The highest BCUT2D eigenvalue weighted by molar-refractivity contribution is 6.76. The highest BCUT2D eigenvalue weighted by Gasteiger charge is 2.29. The summed E-state index contributed by atoms with van der Waals surface area (Å²) in [6, 6.07) is 9.65. The first-order valence-corrected chi connectivity index (χ1v) is 23.1. The molecule has 0 heterocycles. The second-order valence-corrected chi connectivity index (χ2v) is 19.8. The van der Waals surface area contributed by atoms with Crippen molar-refractivity contribution in [3.63, 3.8) is 0 Å². The largest absolute Gasteiger partial charge is 0.140 e. The fraction of sp³-hybridized carbons (Fsp3) is 0. The molecule has 0 aliphatic carbocycles. The van der Waals surface area contributed by atoms with Gasteiger partial charge in [0.1, 0.15) is 173 Å². The van der Waals surface area contributed by atoms with Gasteiger partial charge < -0.3 is 0 Å². The van der Waals surface area contributed by atoms with Gasteiger partial charge in [0.05, 0.1) is 0 Å². The third-order valence-corrected chi connectivity index (χ3v) is 17.6. The van der Waals surface area contributed by atoms with Gasteiger partial charge in [0.25, 0.3) is 0 Å². The summed E-state index contributed by atoms with van der Waals surface area (Å²) in [5, 5.41) is 11.4. The minimum Gasteiger partial charge on any atom is -0.101 e. The van der Waals surface area contributed by atoms with Gasteiger partial charge >= 0.3 is 0 Å². The zero-order valence-corrected chi connectivity index (χ0v) is 42.3. The van der Waals surface area contributed by atoms with Gasteiger partial charge in [-0.15, -0.1) is 49.2 Å². The maximum Gasteiger partial charge on any atom is 0.140 e. The summed E-state index contributed by atoms with van der Waals surface area (Å²) in [5.41, 5.74) is 39.0. The maximum absolute atomic E-state index is 2.54. The monoisotopic (exact) mass is 771 g/mol. The number of hydrogen-bond acceptors (Lipinski definition) is 0. The van der Waals surface area contributed by atoms with Crippen molar-refractivity contribution in [2.45, 2.75) is 0 Å². The SMILES string of the molecule is Bc1c(B)c(B)c2c(B)c(-c3cccc(-c4c5c(B)c(B)c(B)c(B)c5c(-c5c(B)c(B)c(B)c6c(B)c(B)c(B)c(B)c56)c5c(B)c(B)c(B)c(B)c45)c3)c(B)c(B)c2c1B. The van der Waals surface area contributed by atoms with Crippen molar-refractivity contribution in [1.82, 2.24) is 0 Å². The number of rotatable bonds is 3. The Morgan fingerprint density at radius 2 is 0.403 bits per heavy atom. The summed E-state index contributed by atoms with van der Waals surface area (Å²) < 4.78 is 0. The zero-order chi connectivity index (χ0) is 45.6. The Morgan fingerprint density at radius 1 is 0.177 bits per heavy atom. The van der Waals surface area contributed by atoms with E-state index in [2.05, 4.69) is 197 Å². The van der Waals surface area contributed by atoms with Crippen molar-refractivity contribution in [2.24, 2.45) is 0 Å². The average molecular weight is 767 g/mol. The van der Waals surface area contributed by atoms with Crippen LogP contribution in [0.1, 0.15) is 0 Å². The van der Waals surface area contributed by atoms with Crippen molar-refractivity contribution in [2.75, 3.05) is 0 Å². The van der Waals surface area contributed by atoms with Crippen LogP contribution in [0.4, 0.5) is 0 Å². The lowest BCUT2D eigenvalue weighted by Crippen LogP contribution is -2.53. The van der Waals surface area contributed by atoms with E-state index in [1.807, 2.05) is 0 Å². The molecule has 0 atom stereocenters. The van der Waals surface area contributed by atoms with Gasteiger partial charge in [-0.25, -0.2) is 0 Å². The predicted molar refractivity (Wildman–Crippen MR) is 353 cm³/mol. The highest BCUT2D eigenvalue weighted by atomic mass is 14.3. The van der Waals surface area contributed by atoms with E-state index < -0.39 is 0 Å². The maximum atomic E-state index is 2.54. The van der Waals surface area contributed by atoms with E-state index in [1.54, 1.807) is 0 Å². The topological polar surface area (TPSA) is 0 Å². The Balaban J connectivity index is 1.65. The van der Waals surface area contributed by atoms with Crippen LogP contribution in [0.5, 0.6) is 0 Å². The van der Waals surface area contributed by atoms with Gasteiger partial charge in [-0.3, -0.25) is 0 Å². The number of benzene rings is 8. The van der Waals surface area contributed by atoms with Gasteiger partial charge in [0, 0.05) is 0 Å². The van der Waals surface area contributed by atoms with E-state index in [0.717, 1.165) is 0 Å². The quantitative estimate of drug-likeness (QED) is 0.124. The van der Waals surface area contributed by atoms with Gasteiger partial charge in [-0.1, -0.05) is 89.2 Å². The Kier molecular flexibility index (Phi) is 11.2. The molecule has 22 heteroatoms. The first-order valence-electron chi connectivity index (χ1n) is 23.1. The summed E-state index contributed by atoms with van der Waals surface area (Å²) in [6.45, 7) is 0. The molecule has 0 unspecified atom stereocenters. The minimum atomic E-state index is 1.30. The molecule has 0 nitrogen and oxygen atoms in total. The Bertz CT molecular complexity index is 3340. The van der Waals surface area contributed by atoms with Crippen LogP contribution in [-0.4, -0.2) is 173 Å². The van der Waals surface area contributed by atoms with Gasteiger partial charge in [0.15, 0.2) is 0 Å². The lowest BCUT2D eigenvalue weighted by molar-refractivity contribution is 1.67. The summed E-state index contributed by atoms with van der Waals surface area (Å²) >= 11 is 0. The van der Waals surface area contributed by atoms with E-state index in [4.69, 9.17) is 0 Å². The van der Waals surface area contributed by atoms with E-state index in [-0.39, 0.29) is 0 Å². The normalized spacial score (nSPS) is 11.7. The zero-order valence-electron chi connectivity index (χ0n) is 42.3. The molecule has 0 saturated heterocycles. The molecule has 0 fully saturated rings. The van der Waals surface area contributed by atoms with Crippen molar-refractivity contribution in [3.8, 4) is 33.4 Å². The van der Waals surface area contributed by atoms with Crippen molar-refractivity contribution in [1.29, 1.82) is 0 Å². The molecule has 0 bridgehead atoms. The summed E-state index contributed by atoms with van der Waals surface area (Å²) in [7, 11) is 52.0. The molecule has 8 aromatic rings. The summed E-state index contributed by atoms with van der Waals surface area (Å²) in [4.78, 5) is 0. The molecule has 62 heavy (non-hydrogen) atoms.